The first kappa shape index (κ1) is 25.2. The minimum Gasteiger partial charge on any atom is -0.497 e. The molecule has 0 saturated carbocycles. The quantitative estimate of drug-likeness (QED) is 0.485. The Morgan fingerprint density at radius 3 is 2.19 bits per heavy atom. The van der Waals surface area contributed by atoms with E-state index in [1.165, 1.54) is 19.1 Å². The molecular weight excluding hydrogens is 414 g/mol. The molecule has 2 rings (SSSR count). The maximum atomic E-state index is 12.9. The summed E-state index contributed by atoms with van der Waals surface area (Å²) in [6.07, 6.45) is 1.32. The molecular formula is C24H33NO7. The number of likely N-dealkylation sites (tertiary alicyclic amines) is 1. The van der Waals surface area contributed by atoms with E-state index in [1.54, 1.807) is 27.9 Å². The second-order valence-corrected chi connectivity index (χ2v) is 8.81. The van der Waals surface area contributed by atoms with Crippen LogP contribution in [0, 0.1) is 11.8 Å². The fourth-order valence-corrected chi connectivity index (χ4v) is 3.92. The first-order valence-corrected chi connectivity index (χ1v) is 10.5. The van der Waals surface area contributed by atoms with Gasteiger partial charge in [0.2, 0.25) is 0 Å². The van der Waals surface area contributed by atoms with E-state index < -0.39 is 35.6 Å². The summed E-state index contributed by atoms with van der Waals surface area (Å²) in [7, 11) is 4.16. The molecule has 0 spiro atoms. The van der Waals surface area contributed by atoms with Crippen molar-refractivity contribution in [2.45, 2.75) is 45.8 Å². The largest absolute Gasteiger partial charge is 0.497 e. The van der Waals surface area contributed by atoms with Crippen molar-refractivity contribution in [3.63, 3.8) is 0 Å². The van der Waals surface area contributed by atoms with E-state index in [2.05, 4.69) is 0 Å². The van der Waals surface area contributed by atoms with Gasteiger partial charge in [-0.1, -0.05) is 23.8 Å². The number of rotatable bonds is 6. The minimum absolute atomic E-state index is 0.0337. The lowest BCUT2D eigenvalue weighted by Gasteiger charge is -2.28. The first-order valence-electron chi connectivity index (χ1n) is 10.5. The Balaban J connectivity index is 2.44. The molecule has 1 fully saturated rings. The number of carbonyl (C=O) groups excluding carboxylic acids is 3. The van der Waals surface area contributed by atoms with Gasteiger partial charge in [-0.2, -0.15) is 0 Å². The van der Waals surface area contributed by atoms with Crippen LogP contribution in [0.4, 0.5) is 4.79 Å². The molecule has 3 atom stereocenters. The molecule has 8 heteroatoms. The Morgan fingerprint density at radius 1 is 1.06 bits per heavy atom. The Bertz CT molecular complexity index is 854. The number of hydrogen-bond donors (Lipinski definition) is 0. The number of methoxy groups -OCH3 is 3. The highest BCUT2D eigenvalue weighted by molar-refractivity contribution is 5.84. The lowest BCUT2D eigenvalue weighted by atomic mass is 9.82. The molecule has 1 aromatic carbocycles. The topological polar surface area (TPSA) is 91.4 Å². The van der Waals surface area contributed by atoms with Crippen LogP contribution < -0.4 is 4.74 Å². The van der Waals surface area contributed by atoms with Crippen LogP contribution in [0.3, 0.4) is 0 Å². The van der Waals surface area contributed by atoms with E-state index in [9.17, 15) is 14.4 Å². The van der Waals surface area contributed by atoms with Gasteiger partial charge in [-0.25, -0.2) is 9.59 Å². The third kappa shape index (κ3) is 6.24. The van der Waals surface area contributed by atoms with E-state index in [0.717, 1.165) is 16.9 Å². The number of nitrogens with zero attached hydrogens (tertiary/aromatic N) is 1. The van der Waals surface area contributed by atoms with Crippen LogP contribution >= 0.6 is 0 Å². The number of ether oxygens (including phenoxy) is 4. The van der Waals surface area contributed by atoms with Crippen molar-refractivity contribution >= 4 is 24.1 Å². The summed E-state index contributed by atoms with van der Waals surface area (Å²) in [5.74, 6) is -1.10. The van der Waals surface area contributed by atoms with Crippen LogP contribution in [-0.2, 0) is 23.8 Å². The summed E-state index contributed by atoms with van der Waals surface area (Å²) >= 11 is 0. The van der Waals surface area contributed by atoms with Gasteiger partial charge in [-0.3, -0.25) is 9.69 Å². The van der Waals surface area contributed by atoms with Crippen LogP contribution in [0.1, 0.15) is 39.7 Å². The van der Waals surface area contributed by atoms with Gasteiger partial charge in [0.25, 0.3) is 0 Å². The predicted molar refractivity (Wildman–Crippen MR) is 119 cm³/mol. The Hall–Kier alpha value is -3.03. The summed E-state index contributed by atoms with van der Waals surface area (Å²) in [4.78, 5) is 39.2. The van der Waals surface area contributed by atoms with Crippen LogP contribution in [-0.4, -0.2) is 62.4 Å². The van der Waals surface area contributed by atoms with Crippen molar-refractivity contribution in [2.75, 3.05) is 27.9 Å². The van der Waals surface area contributed by atoms with Crippen molar-refractivity contribution in [1.29, 1.82) is 0 Å². The molecule has 8 nitrogen and oxygen atoms in total. The monoisotopic (exact) mass is 447 g/mol. The fraction of sp³-hybridized carbons (Fsp3) is 0.542. The molecule has 176 valence electrons. The van der Waals surface area contributed by atoms with E-state index in [1.807, 2.05) is 37.3 Å². The molecule has 0 bridgehead atoms. The van der Waals surface area contributed by atoms with Crippen molar-refractivity contribution in [2.24, 2.45) is 11.8 Å². The van der Waals surface area contributed by atoms with Crippen molar-refractivity contribution < 1.29 is 33.3 Å². The number of amides is 1. The summed E-state index contributed by atoms with van der Waals surface area (Å²) in [5, 5.41) is 0. The Labute approximate surface area is 189 Å². The molecule has 0 N–H and O–H groups in total. The smallest absolute Gasteiger partial charge is 0.411 e. The zero-order valence-corrected chi connectivity index (χ0v) is 19.8. The molecule has 1 heterocycles. The number of hydrogen-bond acceptors (Lipinski definition) is 7. The minimum atomic E-state index is -0.960. The summed E-state index contributed by atoms with van der Waals surface area (Å²) in [6, 6.07) is 6.57. The second kappa shape index (κ2) is 10.5. The van der Waals surface area contributed by atoms with E-state index in [4.69, 9.17) is 18.9 Å². The van der Waals surface area contributed by atoms with Gasteiger partial charge in [-0.05, 0) is 45.4 Å². The van der Waals surface area contributed by atoms with Crippen LogP contribution in [0.25, 0.3) is 6.08 Å². The standard InChI is InChI=1S/C24H33NO7/c1-15(12-16-8-10-17(29-5)11-9-16)19-14-25(23(28)32-24(2,3)4)21(22(27)31-7)18(19)13-20(26)30-6/h8-12,18-19,21H,13-14H2,1-7H3/b15-12+/t18-,19+,21-/m0/s1. The van der Waals surface area contributed by atoms with Crippen molar-refractivity contribution in [3.05, 3.63) is 35.4 Å². The van der Waals surface area contributed by atoms with Gasteiger partial charge in [0.15, 0.2) is 0 Å². The highest BCUT2D eigenvalue weighted by Crippen LogP contribution is 2.39. The fourth-order valence-electron chi connectivity index (χ4n) is 3.92. The average molecular weight is 448 g/mol. The predicted octanol–water partition coefficient (Wildman–Crippen LogP) is 3.69. The third-order valence-corrected chi connectivity index (χ3v) is 5.45. The van der Waals surface area contributed by atoms with Gasteiger partial charge in [0, 0.05) is 18.4 Å². The first-order chi connectivity index (χ1) is 15.0. The molecule has 1 saturated heterocycles. The van der Waals surface area contributed by atoms with Gasteiger partial charge < -0.3 is 18.9 Å². The van der Waals surface area contributed by atoms with Gasteiger partial charge in [0.1, 0.15) is 17.4 Å². The van der Waals surface area contributed by atoms with Crippen LogP contribution in [0.15, 0.2) is 29.8 Å². The van der Waals surface area contributed by atoms with E-state index >= 15 is 0 Å². The van der Waals surface area contributed by atoms with Crippen LogP contribution in [0.5, 0.6) is 5.75 Å². The highest BCUT2D eigenvalue weighted by atomic mass is 16.6. The number of esters is 2. The number of benzene rings is 1. The SMILES string of the molecule is COC(=O)C[C@H]1[C@@H](/C(C)=C/c2ccc(OC)cc2)CN(C(=O)OC(C)(C)C)[C@@H]1C(=O)OC. The zero-order chi connectivity index (χ0) is 24.1. The maximum Gasteiger partial charge on any atom is 0.411 e. The summed E-state index contributed by atoms with van der Waals surface area (Å²) in [6.45, 7) is 7.41. The van der Waals surface area contributed by atoms with Gasteiger partial charge >= 0.3 is 18.0 Å². The average Bonchev–Trinajstić information content (AvgIpc) is 3.11. The third-order valence-electron chi connectivity index (χ3n) is 5.45. The second-order valence-electron chi connectivity index (χ2n) is 8.81. The highest BCUT2D eigenvalue weighted by Gasteiger charge is 2.50. The molecule has 0 radical (unpaired) electrons. The molecule has 32 heavy (non-hydrogen) atoms. The molecule has 0 unspecified atom stereocenters. The van der Waals surface area contributed by atoms with Gasteiger partial charge in [0.05, 0.1) is 27.8 Å². The Morgan fingerprint density at radius 2 is 1.69 bits per heavy atom. The molecule has 0 aliphatic carbocycles. The molecule has 1 aromatic rings. The van der Waals surface area contributed by atoms with Crippen molar-refractivity contribution in [1.82, 2.24) is 4.90 Å². The molecule has 1 aliphatic rings. The van der Waals surface area contributed by atoms with E-state index in [-0.39, 0.29) is 18.9 Å². The normalized spacial score (nSPS) is 21.2. The lowest BCUT2D eigenvalue weighted by Crippen LogP contribution is -2.46. The zero-order valence-electron chi connectivity index (χ0n) is 19.8. The molecule has 0 aromatic heterocycles. The Kier molecular flexibility index (Phi) is 8.30. The van der Waals surface area contributed by atoms with Gasteiger partial charge in [-0.15, -0.1) is 0 Å². The molecule has 1 aliphatic heterocycles. The molecule has 1 amide bonds. The summed E-state index contributed by atoms with van der Waals surface area (Å²) < 4.78 is 20.6. The summed E-state index contributed by atoms with van der Waals surface area (Å²) in [5.41, 5.74) is 1.12. The maximum absolute atomic E-state index is 12.9. The van der Waals surface area contributed by atoms with Crippen molar-refractivity contribution in [3.8, 4) is 5.75 Å². The lowest BCUT2D eigenvalue weighted by molar-refractivity contribution is -0.148. The number of carbonyl (C=O) groups is 3. The van der Waals surface area contributed by atoms with E-state index in [0.29, 0.717) is 0 Å². The van der Waals surface area contributed by atoms with Crippen LogP contribution in [0.2, 0.25) is 0 Å².